The molecule has 2 nitrogen and oxygen atoms in total. The smallest absolute Gasteiger partial charge is 0.0708 e. The maximum Gasteiger partial charge on any atom is 0.0708 e. The summed E-state index contributed by atoms with van der Waals surface area (Å²) in [5, 5.41) is 3.70. The van der Waals surface area contributed by atoms with Crippen LogP contribution in [0.2, 0.25) is 0 Å². The van der Waals surface area contributed by atoms with E-state index in [0.717, 1.165) is 16.9 Å². The molecule has 0 aliphatic heterocycles. The minimum atomic E-state index is -0.565. The number of para-hydroxylation sites is 1. The summed E-state index contributed by atoms with van der Waals surface area (Å²) >= 11 is 0. The number of rotatable bonds is 7. The molecule has 2 aromatic heterocycles. The van der Waals surface area contributed by atoms with Gasteiger partial charge in [0.1, 0.15) is 0 Å². The summed E-state index contributed by atoms with van der Waals surface area (Å²) in [6, 6.07) is 62.0. The lowest BCUT2D eigenvalue weighted by Crippen LogP contribution is -2.28. The van der Waals surface area contributed by atoms with Gasteiger partial charge in [-0.25, -0.2) is 0 Å². The van der Waals surface area contributed by atoms with Gasteiger partial charge < -0.3 is 9.13 Å². The summed E-state index contributed by atoms with van der Waals surface area (Å²) in [7, 11) is 0. The molecule has 10 rings (SSSR count). The third-order valence-electron chi connectivity index (χ3n) is 11.3. The first-order valence-electron chi connectivity index (χ1n) is 18.7. The van der Waals surface area contributed by atoms with Crippen LogP contribution in [-0.2, 0) is 5.41 Å². The molecular formula is C52H38N2. The Bertz CT molecular complexity index is 2940. The van der Waals surface area contributed by atoms with Crippen LogP contribution in [0, 0.1) is 0 Å². The molecule has 1 aliphatic carbocycles. The molecule has 0 radical (unpaired) electrons. The van der Waals surface area contributed by atoms with Crippen LogP contribution in [-0.4, -0.2) is 9.13 Å². The van der Waals surface area contributed by atoms with Crippen molar-refractivity contribution in [3.63, 3.8) is 0 Å². The van der Waals surface area contributed by atoms with Crippen LogP contribution in [0.25, 0.3) is 66.3 Å². The Morgan fingerprint density at radius 3 is 2.04 bits per heavy atom. The summed E-state index contributed by atoms with van der Waals surface area (Å²) in [6.07, 6.45) is 10.6. The minimum absolute atomic E-state index is 0.565. The lowest BCUT2D eigenvalue weighted by molar-refractivity contribution is 0.769. The molecule has 0 saturated heterocycles. The van der Waals surface area contributed by atoms with E-state index < -0.39 is 5.41 Å². The largest absolute Gasteiger partial charge is 0.316 e. The Morgan fingerprint density at radius 1 is 0.537 bits per heavy atom. The predicted octanol–water partition coefficient (Wildman–Crippen LogP) is 13.4. The normalized spacial score (nSPS) is 15.1. The first-order chi connectivity index (χ1) is 26.7. The first-order valence-corrected chi connectivity index (χ1v) is 18.7. The fraction of sp³-hybridized carbons (Fsp3) is 0.0385. The highest BCUT2D eigenvalue weighted by molar-refractivity contribution is 6.18. The van der Waals surface area contributed by atoms with Crippen LogP contribution in [0.1, 0.15) is 23.6 Å². The van der Waals surface area contributed by atoms with Crippen molar-refractivity contribution in [2.45, 2.75) is 12.3 Å². The topological polar surface area (TPSA) is 9.86 Å². The van der Waals surface area contributed by atoms with Gasteiger partial charge in [0.25, 0.3) is 0 Å². The highest BCUT2D eigenvalue weighted by Crippen LogP contribution is 2.57. The molecule has 54 heavy (non-hydrogen) atoms. The number of nitrogens with zero attached hydrogens (tertiary/aromatic N) is 2. The standard InChI is InChI=1S/C52H38N2/c1-3-4-7-16-36(2)52(39-19-10-6-11-20-39)47-23-14-12-21-42(47)43-30-29-41(35-48(43)52)54-50-24-15-13-22-44(50)45-31-32-49-46(51(45)54)33-34-53(49)40-27-25-38(26-28-40)37-17-8-5-9-18-37/h3-35H,2H2,1H3/b4-3-,16-7-. The Hall–Kier alpha value is -6.90. The van der Waals surface area contributed by atoms with Crippen molar-refractivity contribution in [2.75, 3.05) is 0 Å². The van der Waals surface area contributed by atoms with E-state index in [9.17, 15) is 0 Å². The highest BCUT2D eigenvalue weighted by Gasteiger charge is 2.46. The van der Waals surface area contributed by atoms with E-state index in [4.69, 9.17) is 6.58 Å². The third-order valence-corrected chi connectivity index (χ3v) is 11.3. The molecule has 2 heterocycles. The number of fused-ring (bicyclic) bond motifs is 8. The zero-order valence-corrected chi connectivity index (χ0v) is 30.2. The van der Waals surface area contributed by atoms with Crippen molar-refractivity contribution in [2.24, 2.45) is 0 Å². The van der Waals surface area contributed by atoms with Crippen molar-refractivity contribution in [1.82, 2.24) is 9.13 Å². The van der Waals surface area contributed by atoms with Crippen molar-refractivity contribution in [3.8, 4) is 33.6 Å². The van der Waals surface area contributed by atoms with Crippen LogP contribution in [0.4, 0.5) is 0 Å². The quantitative estimate of drug-likeness (QED) is 0.147. The Morgan fingerprint density at radius 2 is 1.22 bits per heavy atom. The Labute approximate surface area is 315 Å². The summed E-state index contributed by atoms with van der Waals surface area (Å²) in [5.41, 5.74) is 15.0. The number of benzene rings is 7. The molecule has 0 amide bonds. The van der Waals surface area contributed by atoms with E-state index in [1.54, 1.807) is 0 Å². The average molecular weight is 691 g/mol. The van der Waals surface area contributed by atoms with Crippen molar-refractivity contribution < 1.29 is 0 Å². The van der Waals surface area contributed by atoms with Crippen LogP contribution >= 0.6 is 0 Å². The minimum Gasteiger partial charge on any atom is -0.316 e. The van der Waals surface area contributed by atoms with Crippen LogP contribution in [0.15, 0.2) is 213 Å². The van der Waals surface area contributed by atoms with Gasteiger partial charge in [0.2, 0.25) is 0 Å². The molecule has 1 atom stereocenters. The summed E-state index contributed by atoms with van der Waals surface area (Å²) in [6.45, 7) is 6.86. The van der Waals surface area contributed by atoms with Crippen molar-refractivity contribution in [1.29, 1.82) is 0 Å². The lowest BCUT2D eigenvalue weighted by atomic mass is 9.67. The number of aromatic nitrogens is 2. The fourth-order valence-corrected chi connectivity index (χ4v) is 8.96. The van der Waals surface area contributed by atoms with Crippen LogP contribution in [0.3, 0.4) is 0 Å². The molecule has 7 aromatic carbocycles. The van der Waals surface area contributed by atoms with Gasteiger partial charge in [0.15, 0.2) is 0 Å². The van der Waals surface area contributed by atoms with Gasteiger partial charge in [-0.1, -0.05) is 158 Å². The summed E-state index contributed by atoms with van der Waals surface area (Å²) < 4.78 is 4.79. The highest BCUT2D eigenvalue weighted by atomic mass is 15.0. The predicted molar refractivity (Wildman–Crippen MR) is 228 cm³/mol. The molecule has 0 saturated carbocycles. The van der Waals surface area contributed by atoms with Gasteiger partial charge in [-0.05, 0) is 93.9 Å². The van der Waals surface area contributed by atoms with Gasteiger partial charge in [-0.2, -0.15) is 0 Å². The molecule has 256 valence electrons. The fourth-order valence-electron chi connectivity index (χ4n) is 8.96. The maximum absolute atomic E-state index is 4.81. The van der Waals surface area contributed by atoms with E-state index >= 15 is 0 Å². The zero-order chi connectivity index (χ0) is 36.2. The number of allylic oxidation sites excluding steroid dienone is 5. The molecular weight excluding hydrogens is 653 g/mol. The lowest BCUT2D eigenvalue weighted by Gasteiger charge is -2.34. The van der Waals surface area contributed by atoms with E-state index in [-0.39, 0.29) is 0 Å². The molecule has 0 spiro atoms. The molecule has 0 N–H and O–H groups in total. The average Bonchev–Trinajstić information content (AvgIpc) is 3.91. The van der Waals surface area contributed by atoms with Gasteiger partial charge in [0.05, 0.1) is 22.0 Å². The van der Waals surface area contributed by atoms with Crippen LogP contribution < -0.4 is 0 Å². The van der Waals surface area contributed by atoms with Gasteiger partial charge in [0, 0.05) is 33.7 Å². The molecule has 9 aromatic rings. The van der Waals surface area contributed by atoms with Crippen molar-refractivity contribution >= 4 is 32.7 Å². The number of hydrogen-bond acceptors (Lipinski definition) is 0. The van der Waals surface area contributed by atoms with Gasteiger partial charge in [-0.3, -0.25) is 0 Å². The summed E-state index contributed by atoms with van der Waals surface area (Å²) in [5.74, 6) is 0. The Balaban J connectivity index is 1.21. The second kappa shape index (κ2) is 12.6. The monoisotopic (exact) mass is 690 g/mol. The van der Waals surface area contributed by atoms with Gasteiger partial charge in [-0.15, -0.1) is 0 Å². The molecule has 1 aliphatic rings. The van der Waals surface area contributed by atoms with Crippen LogP contribution in [0.5, 0.6) is 0 Å². The second-order valence-corrected chi connectivity index (χ2v) is 14.1. The van der Waals surface area contributed by atoms with Gasteiger partial charge >= 0.3 is 0 Å². The van der Waals surface area contributed by atoms with E-state index in [1.165, 1.54) is 71.7 Å². The molecule has 0 fully saturated rings. The SMILES string of the molecule is C=C(/C=C\C=C/C)C1(c2ccccc2)c2ccccc2-c2ccc(-n3c4ccccc4c4ccc5c(ccn5-c5ccc(-c6ccccc6)cc5)c43)cc21. The van der Waals surface area contributed by atoms with E-state index in [0.29, 0.717) is 0 Å². The number of hydrogen-bond donors (Lipinski definition) is 0. The maximum atomic E-state index is 4.81. The molecule has 1 unspecified atom stereocenters. The second-order valence-electron chi connectivity index (χ2n) is 14.1. The Kier molecular flexibility index (Phi) is 7.45. The molecule has 0 bridgehead atoms. The van der Waals surface area contributed by atoms with Crippen molar-refractivity contribution in [3.05, 3.63) is 229 Å². The molecule has 2 heteroatoms. The third kappa shape index (κ3) is 4.67. The van der Waals surface area contributed by atoms with E-state index in [2.05, 4.69) is 209 Å². The zero-order valence-electron chi connectivity index (χ0n) is 30.2. The summed E-state index contributed by atoms with van der Waals surface area (Å²) in [4.78, 5) is 0. The van der Waals surface area contributed by atoms with E-state index in [1.807, 2.05) is 6.92 Å². The first kappa shape index (κ1) is 31.8.